The molecule has 0 heterocycles. The lowest BCUT2D eigenvalue weighted by atomic mass is 10.00. The number of hydrogen-bond donors (Lipinski definition) is 1. The summed E-state index contributed by atoms with van der Waals surface area (Å²) < 4.78 is 13.4. The minimum absolute atomic E-state index is 0.223. The van der Waals surface area contributed by atoms with Gasteiger partial charge in [-0.15, -0.1) is 6.58 Å². The van der Waals surface area contributed by atoms with Gasteiger partial charge < -0.3 is 5.73 Å². The van der Waals surface area contributed by atoms with Gasteiger partial charge in [0.15, 0.2) is 0 Å². The summed E-state index contributed by atoms with van der Waals surface area (Å²) in [6, 6.07) is 4.84. The summed E-state index contributed by atoms with van der Waals surface area (Å²) >= 11 is 0. The van der Waals surface area contributed by atoms with Gasteiger partial charge in [0.2, 0.25) is 0 Å². The van der Waals surface area contributed by atoms with Crippen LogP contribution in [0.2, 0.25) is 0 Å². The molecule has 0 aliphatic heterocycles. The molecule has 0 saturated heterocycles. The Kier molecular flexibility index (Phi) is 3.42. The Labute approximate surface area is 84.4 Å². The molecule has 14 heavy (non-hydrogen) atoms. The monoisotopic (exact) mass is 193 g/mol. The third-order valence-corrected chi connectivity index (χ3v) is 2.12. The van der Waals surface area contributed by atoms with Crippen LogP contribution in [0.4, 0.5) is 4.39 Å². The molecule has 1 atom stereocenters. The molecule has 1 aromatic rings. The Hall–Kier alpha value is -1.15. The number of rotatable bonds is 3. The molecule has 1 nitrogen and oxygen atoms in total. The summed E-state index contributed by atoms with van der Waals surface area (Å²) in [5, 5.41) is 0. The number of nitrogens with two attached hydrogens (primary N) is 1. The molecule has 0 fully saturated rings. The summed E-state index contributed by atoms with van der Waals surface area (Å²) in [5.74, 6) is -0.223. The van der Waals surface area contributed by atoms with Crippen molar-refractivity contribution in [3.63, 3.8) is 0 Å². The largest absolute Gasteiger partial charge is 0.324 e. The molecule has 0 radical (unpaired) electrons. The fraction of sp³-hybridized carbons (Fsp3) is 0.333. The molecule has 0 saturated carbocycles. The third-order valence-electron chi connectivity index (χ3n) is 2.12. The van der Waals surface area contributed by atoms with Crippen molar-refractivity contribution >= 4 is 0 Å². The van der Waals surface area contributed by atoms with E-state index in [-0.39, 0.29) is 11.9 Å². The Morgan fingerprint density at radius 2 is 2.21 bits per heavy atom. The van der Waals surface area contributed by atoms with Crippen LogP contribution < -0.4 is 5.73 Å². The van der Waals surface area contributed by atoms with E-state index in [1.807, 2.05) is 19.9 Å². The number of aryl methyl sites for hydroxylation is 1. The van der Waals surface area contributed by atoms with Crippen LogP contribution in [0.25, 0.3) is 0 Å². The van der Waals surface area contributed by atoms with E-state index in [1.165, 1.54) is 6.07 Å². The van der Waals surface area contributed by atoms with Gasteiger partial charge in [0.1, 0.15) is 5.82 Å². The highest BCUT2D eigenvalue weighted by Crippen LogP contribution is 2.21. The zero-order valence-electron chi connectivity index (χ0n) is 8.68. The highest BCUT2D eigenvalue weighted by atomic mass is 19.1. The maximum atomic E-state index is 13.4. The zero-order valence-corrected chi connectivity index (χ0v) is 8.68. The molecule has 0 aromatic heterocycles. The van der Waals surface area contributed by atoms with Gasteiger partial charge >= 0.3 is 0 Å². The molecule has 2 heteroatoms. The second kappa shape index (κ2) is 4.38. The van der Waals surface area contributed by atoms with Crippen LogP contribution in [-0.2, 0) is 0 Å². The van der Waals surface area contributed by atoms with Crippen molar-refractivity contribution in [2.24, 2.45) is 5.73 Å². The number of hydrogen-bond acceptors (Lipinski definition) is 1. The zero-order chi connectivity index (χ0) is 10.7. The normalized spacial score (nSPS) is 12.6. The van der Waals surface area contributed by atoms with E-state index in [0.717, 1.165) is 11.1 Å². The first-order valence-corrected chi connectivity index (χ1v) is 4.66. The molecule has 1 rings (SSSR count). The van der Waals surface area contributed by atoms with Gasteiger partial charge in [-0.2, -0.15) is 0 Å². The summed E-state index contributed by atoms with van der Waals surface area (Å²) in [5.41, 5.74) is 8.29. The van der Waals surface area contributed by atoms with Crippen molar-refractivity contribution in [2.75, 3.05) is 0 Å². The van der Waals surface area contributed by atoms with Crippen LogP contribution in [0.3, 0.4) is 0 Å². The van der Waals surface area contributed by atoms with Crippen LogP contribution in [0.15, 0.2) is 30.4 Å². The Balaban J connectivity index is 2.90. The van der Waals surface area contributed by atoms with Crippen LogP contribution in [-0.4, -0.2) is 0 Å². The number of halogens is 1. The van der Waals surface area contributed by atoms with E-state index in [1.54, 1.807) is 6.07 Å². The lowest BCUT2D eigenvalue weighted by molar-refractivity contribution is 0.579. The van der Waals surface area contributed by atoms with E-state index in [4.69, 9.17) is 5.73 Å². The lowest BCUT2D eigenvalue weighted by Gasteiger charge is -2.13. The minimum atomic E-state index is -0.284. The van der Waals surface area contributed by atoms with Crippen LogP contribution in [0, 0.1) is 12.7 Å². The SMILES string of the molecule is C=C(C)CC(N)c1ccc(C)cc1F. The standard InChI is InChI=1S/C12H16FN/c1-8(2)6-12(14)10-5-4-9(3)7-11(10)13/h4-5,7,12H,1,6,14H2,2-3H3. The molecule has 0 spiro atoms. The summed E-state index contributed by atoms with van der Waals surface area (Å²) in [6.45, 7) is 7.52. The quantitative estimate of drug-likeness (QED) is 0.733. The third kappa shape index (κ3) is 2.67. The van der Waals surface area contributed by atoms with Gasteiger partial charge in [-0.1, -0.05) is 17.7 Å². The molecule has 0 aliphatic carbocycles. The maximum Gasteiger partial charge on any atom is 0.128 e. The van der Waals surface area contributed by atoms with E-state index >= 15 is 0 Å². The predicted molar refractivity (Wildman–Crippen MR) is 57.5 cm³/mol. The molecular formula is C12H16FN. The fourth-order valence-corrected chi connectivity index (χ4v) is 1.42. The summed E-state index contributed by atoms with van der Waals surface area (Å²) in [7, 11) is 0. The van der Waals surface area contributed by atoms with E-state index in [9.17, 15) is 4.39 Å². The van der Waals surface area contributed by atoms with Gasteiger partial charge in [-0.05, 0) is 31.9 Å². The summed E-state index contributed by atoms with van der Waals surface area (Å²) in [6.07, 6.45) is 0.625. The molecule has 0 amide bonds. The first kappa shape index (κ1) is 10.9. The molecule has 2 N–H and O–H groups in total. The Morgan fingerprint density at radius 1 is 1.57 bits per heavy atom. The van der Waals surface area contributed by atoms with Gasteiger partial charge in [-0.3, -0.25) is 0 Å². The second-order valence-corrected chi connectivity index (χ2v) is 3.79. The minimum Gasteiger partial charge on any atom is -0.324 e. The first-order chi connectivity index (χ1) is 6.50. The fourth-order valence-electron chi connectivity index (χ4n) is 1.42. The summed E-state index contributed by atoms with van der Waals surface area (Å²) in [4.78, 5) is 0. The van der Waals surface area contributed by atoms with Crippen molar-refractivity contribution in [1.29, 1.82) is 0 Å². The molecule has 0 aliphatic rings. The second-order valence-electron chi connectivity index (χ2n) is 3.79. The Bertz CT molecular complexity index is 344. The van der Waals surface area contributed by atoms with E-state index in [2.05, 4.69) is 6.58 Å². The highest BCUT2D eigenvalue weighted by molar-refractivity contribution is 5.26. The highest BCUT2D eigenvalue weighted by Gasteiger charge is 2.10. The molecule has 76 valence electrons. The van der Waals surface area contributed by atoms with E-state index in [0.29, 0.717) is 12.0 Å². The molecular weight excluding hydrogens is 177 g/mol. The first-order valence-electron chi connectivity index (χ1n) is 4.66. The average Bonchev–Trinajstić information content (AvgIpc) is 2.01. The van der Waals surface area contributed by atoms with Crippen molar-refractivity contribution in [3.8, 4) is 0 Å². The van der Waals surface area contributed by atoms with Crippen LogP contribution in [0.5, 0.6) is 0 Å². The van der Waals surface area contributed by atoms with Gasteiger partial charge in [0.05, 0.1) is 0 Å². The lowest BCUT2D eigenvalue weighted by Crippen LogP contribution is -2.12. The van der Waals surface area contributed by atoms with Crippen molar-refractivity contribution < 1.29 is 4.39 Å². The smallest absolute Gasteiger partial charge is 0.128 e. The van der Waals surface area contributed by atoms with Crippen molar-refractivity contribution in [2.45, 2.75) is 26.3 Å². The van der Waals surface area contributed by atoms with Crippen molar-refractivity contribution in [3.05, 3.63) is 47.3 Å². The van der Waals surface area contributed by atoms with Gasteiger partial charge in [0, 0.05) is 11.6 Å². The Morgan fingerprint density at radius 3 is 2.71 bits per heavy atom. The topological polar surface area (TPSA) is 26.0 Å². The molecule has 1 aromatic carbocycles. The number of benzene rings is 1. The maximum absolute atomic E-state index is 13.4. The van der Waals surface area contributed by atoms with Gasteiger partial charge in [-0.25, -0.2) is 4.39 Å². The molecule has 1 unspecified atom stereocenters. The average molecular weight is 193 g/mol. The molecule has 0 bridgehead atoms. The van der Waals surface area contributed by atoms with E-state index < -0.39 is 0 Å². The van der Waals surface area contributed by atoms with Gasteiger partial charge in [0.25, 0.3) is 0 Å². The predicted octanol–water partition coefficient (Wildman–Crippen LogP) is 3.10. The van der Waals surface area contributed by atoms with Crippen LogP contribution in [0.1, 0.15) is 30.5 Å². The van der Waals surface area contributed by atoms with Crippen molar-refractivity contribution in [1.82, 2.24) is 0 Å². The van der Waals surface area contributed by atoms with Crippen LogP contribution >= 0.6 is 0 Å².